The first-order valence-electron chi connectivity index (χ1n) is 14.6. The number of H-pyrrole nitrogens is 1. The minimum absolute atomic E-state index is 0.636. The lowest BCUT2D eigenvalue weighted by Gasteiger charge is -2.10. The largest absolute Gasteiger partial charge is 0.455 e. The topological polar surface area (TPSA) is 67.6 Å². The van der Waals surface area contributed by atoms with E-state index in [2.05, 4.69) is 71.7 Å². The van der Waals surface area contributed by atoms with E-state index in [9.17, 15) is 0 Å². The number of aromatic amines is 1. The van der Waals surface area contributed by atoms with E-state index in [0.717, 1.165) is 71.6 Å². The molecule has 3 heterocycles. The first kappa shape index (κ1) is 24.5. The fourth-order valence-electron chi connectivity index (χ4n) is 6.12. The molecule has 9 aromatic rings. The summed E-state index contributed by atoms with van der Waals surface area (Å²) in [6.45, 7) is 0. The van der Waals surface area contributed by atoms with Crippen LogP contribution in [0.2, 0.25) is 0 Å². The zero-order valence-corrected chi connectivity index (χ0v) is 23.5. The van der Waals surface area contributed by atoms with E-state index in [1.807, 2.05) is 72.8 Å². The Bertz CT molecular complexity index is 2440. The van der Waals surface area contributed by atoms with E-state index in [-0.39, 0.29) is 0 Å². The standard InChI is InChI=1S/C39H24N4O/c1-3-10-24(11-4-1)37-41-38(25-12-5-2-6-13-25)43-39(42-37)28-15-9-14-26(22-28)27-18-20-32-31(23-27)35-33(40-32)21-19-30-29-16-7-8-17-34(29)44-36(30)35/h1-23,40H. The summed E-state index contributed by atoms with van der Waals surface area (Å²) >= 11 is 0. The molecule has 6 aromatic carbocycles. The van der Waals surface area contributed by atoms with Gasteiger partial charge in [0.05, 0.1) is 10.9 Å². The molecule has 0 atom stereocenters. The van der Waals surface area contributed by atoms with E-state index >= 15 is 0 Å². The molecule has 3 aromatic heterocycles. The van der Waals surface area contributed by atoms with Crippen LogP contribution in [0.15, 0.2) is 144 Å². The lowest BCUT2D eigenvalue weighted by Crippen LogP contribution is -2.00. The lowest BCUT2D eigenvalue weighted by atomic mass is 10.00. The minimum Gasteiger partial charge on any atom is -0.455 e. The number of nitrogens with zero attached hydrogens (tertiary/aromatic N) is 3. The van der Waals surface area contributed by atoms with Crippen LogP contribution in [0.3, 0.4) is 0 Å². The summed E-state index contributed by atoms with van der Waals surface area (Å²) in [7, 11) is 0. The first-order chi connectivity index (χ1) is 21.8. The van der Waals surface area contributed by atoms with E-state index in [4.69, 9.17) is 19.4 Å². The van der Waals surface area contributed by atoms with Gasteiger partial charge in [0.1, 0.15) is 11.2 Å². The van der Waals surface area contributed by atoms with Gasteiger partial charge in [-0.15, -0.1) is 0 Å². The number of fused-ring (bicyclic) bond motifs is 7. The van der Waals surface area contributed by atoms with Crippen molar-refractivity contribution in [2.45, 2.75) is 0 Å². The third-order valence-electron chi connectivity index (χ3n) is 8.26. The summed E-state index contributed by atoms with van der Waals surface area (Å²) in [5.74, 6) is 1.93. The SMILES string of the molecule is c1ccc(-c2nc(-c3ccccc3)nc(-c3cccc(-c4ccc5[nH]c6ccc7c8ccccc8oc7c6c5c4)c3)n2)cc1. The average molecular weight is 565 g/mol. The summed E-state index contributed by atoms with van der Waals surface area (Å²) in [4.78, 5) is 18.3. The van der Waals surface area contributed by atoms with Gasteiger partial charge in [-0.1, -0.05) is 103 Å². The van der Waals surface area contributed by atoms with Crippen LogP contribution in [0, 0.1) is 0 Å². The van der Waals surface area contributed by atoms with Gasteiger partial charge in [0.2, 0.25) is 0 Å². The van der Waals surface area contributed by atoms with Crippen molar-refractivity contribution in [3.05, 3.63) is 140 Å². The van der Waals surface area contributed by atoms with Crippen molar-refractivity contribution in [2.24, 2.45) is 0 Å². The van der Waals surface area contributed by atoms with Gasteiger partial charge < -0.3 is 9.40 Å². The Morgan fingerprint density at radius 2 is 1.00 bits per heavy atom. The predicted molar refractivity (Wildman–Crippen MR) is 178 cm³/mol. The van der Waals surface area contributed by atoms with Gasteiger partial charge in [-0.2, -0.15) is 0 Å². The highest BCUT2D eigenvalue weighted by Crippen LogP contribution is 2.39. The molecule has 0 unspecified atom stereocenters. The summed E-state index contributed by atoms with van der Waals surface area (Å²) in [5, 5.41) is 4.49. The van der Waals surface area contributed by atoms with Crippen LogP contribution in [0.25, 0.3) is 89.0 Å². The van der Waals surface area contributed by atoms with Crippen LogP contribution >= 0.6 is 0 Å². The molecule has 0 aliphatic rings. The highest BCUT2D eigenvalue weighted by Gasteiger charge is 2.16. The second-order valence-electron chi connectivity index (χ2n) is 11.0. The van der Waals surface area contributed by atoms with Crippen LogP contribution in [0.5, 0.6) is 0 Å². The Morgan fingerprint density at radius 1 is 0.409 bits per heavy atom. The van der Waals surface area contributed by atoms with E-state index in [1.54, 1.807) is 0 Å². The number of hydrogen-bond donors (Lipinski definition) is 1. The Hall–Kier alpha value is -6.07. The number of benzene rings is 6. The Kier molecular flexibility index (Phi) is 5.43. The van der Waals surface area contributed by atoms with Crippen LogP contribution in [-0.4, -0.2) is 19.9 Å². The third kappa shape index (κ3) is 3.98. The van der Waals surface area contributed by atoms with Crippen molar-refractivity contribution in [1.29, 1.82) is 0 Å². The van der Waals surface area contributed by atoms with Gasteiger partial charge in [-0.05, 0) is 47.5 Å². The highest BCUT2D eigenvalue weighted by atomic mass is 16.3. The van der Waals surface area contributed by atoms with Crippen LogP contribution < -0.4 is 0 Å². The number of nitrogens with one attached hydrogen (secondary N) is 1. The molecular weight excluding hydrogens is 540 g/mol. The molecular formula is C39H24N4O. The van der Waals surface area contributed by atoms with E-state index < -0.39 is 0 Å². The molecule has 0 radical (unpaired) electrons. The van der Waals surface area contributed by atoms with Crippen LogP contribution in [-0.2, 0) is 0 Å². The average Bonchev–Trinajstić information content (AvgIpc) is 3.67. The fraction of sp³-hybridized carbons (Fsp3) is 0. The second kappa shape index (κ2) is 9.75. The maximum Gasteiger partial charge on any atom is 0.164 e. The van der Waals surface area contributed by atoms with Gasteiger partial charge in [0, 0.05) is 38.4 Å². The van der Waals surface area contributed by atoms with Crippen LogP contribution in [0.4, 0.5) is 0 Å². The fourth-order valence-corrected chi connectivity index (χ4v) is 6.12. The molecule has 0 spiro atoms. The molecule has 0 aliphatic heterocycles. The molecule has 5 nitrogen and oxygen atoms in total. The second-order valence-corrected chi connectivity index (χ2v) is 11.0. The number of rotatable bonds is 4. The smallest absolute Gasteiger partial charge is 0.164 e. The Morgan fingerprint density at radius 3 is 1.75 bits per heavy atom. The Labute approximate surface area is 252 Å². The monoisotopic (exact) mass is 564 g/mol. The number of aromatic nitrogens is 4. The summed E-state index contributed by atoms with van der Waals surface area (Å²) in [5.41, 5.74) is 8.96. The molecule has 206 valence electrons. The molecule has 5 heteroatoms. The first-order valence-corrected chi connectivity index (χ1v) is 14.6. The third-order valence-corrected chi connectivity index (χ3v) is 8.26. The minimum atomic E-state index is 0.636. The quantitative estimate of drug-likeness (QED) is 0.231. The summed E-state index contributed by atoms with van der Waals surface area (Å²) in [6.07, 6.45) is 0. The van der Waals surface area contributed by atoms with Gasteiger partial charge >= 0.3 is 0 Å². The molecule has 0 saturated heterocycles. The maximum absolute atomic E-state index is 6.41. The molecule has 0 bridgehead atoms. The molecule has 44 heavy (non-hydrogen) atoms. The van der Waals surface area contributed by atoms with Crippen molar-refractivity contribution in [3.8, 4) is 45.3 Å². The Balaban J connectivity index is 1.20. The van der Waals surface area contributed by atoms with Crippen molar-refractivity contribution in [1.82, 2.24) is 19.9 Å². The maximum atomic E-state index is 6.41. The van der Waals surface area contributed by atoms with Crippen molar-refractivity contribution < 1.29 is 4.42 Å². The predicted octanol–water partition coefficient (Wildman–Crippen LogP) is 10.1. The van der Waals surface area contributed by atoms with E-state index in [1.165, 1.54) is 0 Å². The van der Waals surface area contributed by atoms with Crippen molar-refractivity contribution in [2.75, 3.05) is 0 Å². The normalized spacial score (nSPS) is 11.6. The number of furan rings is 1. The highest BCUT2D eigenvalue weighted by molar-refractivity contribution is 6.23. The van der Waals surface area contributed by atoms with Crippen LogP contribution in [0.1, 0.15) is 0 Å². The zero-order chi connectivity index (χ0) is 29.0. The molecule has 1 N–H and O–H groups in total. The number of hydrogen-bond acceptors (Lipinski definition) is 4. The summed E-state index contributed by atoms with van der Waals surface area (Å²) < 4.78 is 6.41. The molecule has 9 rings (SSSR count). The lowest BCUT2D eigenvalue weighted by molar-refractivity contribution is 0.673. The zero-order valence-electron chi connectivity index (χ0n) is 23.5. The van der Waals surface area contributed by atoms with Crippen molar-refractivity contribution >= 4 is 43.7 Å². The molecule has 0 fully saturated rings. The van der Waals surface area contributed by atoms with Gasteiger partial charge in [-0.25, -0.2) is 15.0 Å². The van der Waals surface area contributed by atoms with Gasteiger partial charge in [0.15, 0.2) is 17.5 Å². The van der Waals surface area contributed by atoms with E-state index in [0.29, 0.717) is 17.5 Å². The molecule has 0 saturated carbocycles. The summed E-state index contributed by atoms with van der Waals surface area (Å²) in [6, 6.07) is 47.6. The molecule has 0 amide bonds. The van der Waals surface area contributed by atoms with Crippen molar-refractivity contribution in [3.63, 3.8) is 0 Å². The van der Waals surface area contributed by atoms with Gasteiger partial charge in [0.25, 0.3) is 0 Å². The van der Waals surface area contributed by atoms with Gasteiger partial charge in [-0.3, -0.25) is 0 Å². The number of para-hydroxylation sites is 1. The molecule has 0 aliphatic carbocycles.